The van der Waals surface area contributed by atoms with Crippen molar-refractivity contribution in [3.63, 3.8) is 0 Å². The number of rotatable bonds is 9. The Kier molecular flexibility index (Phi) is 6.58. The Hall–Kier alpha value is -1.54. The molecular weight excluding hydrogens is 336 g/mol. The van der Waals surface area contributed by atoms with Gasteiger partial charge >= 0.3 is 0 Å². The summed E-state index contributed by atoms with van der Waals surface area (Å²) in [6.45, 7) is 9.84. The minimum absolute atomic E-state index is 0.834. The van der Waals surface area contributed by atoms with E-state index in [9.17, 15) is 0 Å². The van der Waals surface area contributed by atoms with Gasteiger partial charge in [-0.1, -0.05) is 58.1 Å². The fourth-order valence-corrected chi connectivity index (χ4v) is 5.10. The number of thiophene rings is 1. The molecule has 0 atom stereocenters. The largest absolute Gasteiger partial charge is 0.493 e. The van der Waals surface area contributed by atoms with Crippen LogP contribution in [0.2, 0.25) is 0 Å². The molecule has 26 heavy (non-hydrogen) atoms. The minimum atomic E-state index is 0.834. The van der Waals surface area contributed by atoms with Gasteiger partial charge < -0.3 is 4.74 Å². The van der Waals surface area contributed by atoms with Gasteiger partial charge in [0.1, 0.15) is 5.75 Å². The minimum Gasteiger partial charge on any atom is -0.493 e. The van der Waals surface area contributed by atoms with Gasteiger partial charge in [-0.15, -0.1) is 11.3 Å². The van der Waals surface area contributed by atoms with E-state index in [-0.39, 0.29) is 0 Å². The zero-order chi connectivity index (χ0) is 18.5. The summed E-state index contributed by atoms with van der Waals surface area (Å²) in [7, 11) is 0. The maximum absolute atomic E-state index is 6.12. The molecule has 3 aromatic rings. The molecule has 140 valence electrons. The van der Waals surface area contributed by atoms with Crippen LogP contribution in [0.4, 0.5) is 0 Å². The summed E-state index contributed by atoms with van der Waals surface area (Å²) in [5.41, 5.74) is 4.25. The molecule has 0 fully saturated rings. The maximum atomic E-state index is 6.12. The average Bonchev–Trinajstić information content (AvgIpc) is 3.02. The first-order valence-electron chi connectivity index (χ1n) is 10.2. The van der Waals surface area contributed by atoms with Crippen LogP contribution in [-0.2, 0) is 6.42 Å². The number of aryl methyl sites for hydroxylation is 3. The average molecular weight is 369 g/mol. The van der Waals surface area contributed by atoms with E-state index in [0.717, 1.165) is 18.8 Å². The van der Waals surface area contributed by atoms with Crippen molar-refractivity contribution in [3.8, 4) is 5.75 Å². The third-order valence-electron chi connectivity index (χ3n) is 5.39. The molecule has 0 aliphatic carbocycles. The second kappa shape index (κ2) is 8.90. The van der Waals surface area contributed by atoms with Crippen molar-refractivity contribution < 1.29 is 4.74 Å². The van der Waals surface area contributed by atoms with Gasteiger partial charge in [0.05, 0.1) is 6.61 Å². The van der Waals surface area contributed by atoms with Gasteiger partial charge in [-0.25, -0.2) is 0 Å². The number of ether oxygens (including phenoxy) is 1. The zero-order valence-corrected chi connectivity index (χ0v) is 17.6. The van der Waals surface area contributed by atoms with E-state index in [4.69, 9.17) is 4.74 Å². The molecule has 1 heterocycles. The van der Waals surface area contributed by atoms with Crippen LogP contribution in [0.5, 0.6) is 5.75 Å². The Balaban J connectivity index is 1.84. The monoisotopic (exact) mass is 368 g/mol. The lowest BCUT2D eigenvalue weighted by Gasteiger charge is -2.09. The van der Waals surface area contributed by atoms with E-state index in [1.165, 1.54) is 75.4 Å². The van der Waals surface area contributed by atoms with Crippen LogP contribution in [-0.4, -0.2) is 6.61 Å². The van der Waals surface area contributed by atoms with Crippen LogP contribution in [0.3, 0.4) is 0 Å². The third-order valence-corrected chi connectivity index (χ3v) is 6.85. The summed E-state index contributed by atoms with van der Waals surface area (Å²) in [5, 5.41) is 2.78. The maximum Gasteiger partial charge on any atom is 0.123 e. The predicted molar refractivity (Wildman–Crippen MR) is 117 cm³/mol. The van der Waals surface area contributed by atoms with Crippen LogP contribution < -0.4 is 4.74 Å². The molecule has 0 aliphatic rings. The Morgan fingerprint density at radius 3 is 2.19 bits per heavy atom. The molecule has 2 aromatic carbocycles. The van der Waals surface area contributed by atoms with E-state index in [0.29, 0.717) is 0 Å². The van der Waals surface area contributed by atoms with Crippen LogP contribution >= 0.6 is 11.3 Å². The highest BCUT2D eigenvalue weighted by atomic mass is 32.1. The molecule has 0 saturated carbocycles. The van der Waals surface area contributed by atoms with E-state index >= 15 is 0 Å². The van der Waals surface area contributed by atoms with Crippen molar-refractivity contribution in [1.82, 2.24) is 0 Å². The predicted octanol–water partition coefficient (Wildman–Crippen LogP) is 7.97. The summed E-state index contributed by atoms with van der Waals surface area (Å²) in [5.74, 6) is 1.06. The molecule has 0 spiro atoms. The first-order chi connectivity index (χ1) is 12.7. The summed E-state index contributed by atoms with van der Waals surface area (Å²) in [6, 6.07) is 9.07. The van der Waals surface area contributed by atoms with Crippen LogP contribution in [0.25, 0.3) is 20.2 Å². The molecule has 0 N–H and O–H groups in total. The Morgan fingerprint density at radius 2 is 1.46 bits per heavy atom. The second-order valence-corrected chi connectivity index (χ2v) is 8.43. The summed E-state index contributed by atoms with van der Waals surface area (Å²) < 4.78 is 8.96. The molecule has 0 radical (unpaired) electrons. The molecule has 1 nitrogen and oxygen atoms in total. The Labute approximate surface area is 162 Å². The Morgan fingerprint density at radius 1 is 0.769 bits per heavy atom. The molecular formula is C24H32OS. The van der Waals surface area contributed by atoms with Crippen molar-refractivity contribution in [3.05, 3.63) is 41.0 Å². The highest BCUT2D eigenvalue weighted by molar-refractivity contribution is 7.26. The number of fused-ring (bicyclic) bond motifs is 3. The lowest BCUT2D eigenvalue weighted by atomic mass is 10.0. The molecule has 2 heteroatoms. The van der Waals surface area contributed by atoms with Gasteiger partial charge in [0.2, 0.25) is 0 Å². The lowest BCUT2D eigenvalue weighted by molar-refractivity contribution is 0.303. The third kappa shape index (κ3) is 3.91. The second-order valence-electron chi connectivity index (χ2n) is 7.41. The highest BCUT2D eigenvalue weighted by Crippen LogP contribution is 2.41. The van der Waals surface area contributed by atoms with E-state index in [1.54, 1.807) is 0 Å². The fraction of sp³-hybridized carbons (Fsp3) is 0.500. The van der Waals surface area contributed by atoms with Crippen LogP contribution in [0.15, 0.2) is 24.3 Å². The molecule has 0 bridgehead atoms. The van der Waals surface area contributed by atoms with Gasteiger partial charge in [-0.2, -0.15) is 0 Å². The fourth-order valence-electron chi connectivity index (χ4n) is 3.78. The van der Waals surface area contributed by atoms with Crippen molar-refractivity contribution in [2.45, 2.75) is 72.6 Å². The molecule has 3 rings (SSSR count). The standard InChI is InChI=1S/C24H32OS/c1-5-7-8-9-10-16-25-22-15-14-21-20-13-12-19(11-6-2)17(3)23(20)26-24(21)18(22)4/h12-15H,5-11,16H2,1-4H3. The van der Waals surface area contributed by atoms with Crippen molar-refractivity contribution in [2.24, 2.45) is 0 Å². The summed E-state index contributed by atoms with van der Waals surface area (Å²) in [6.07, 6.45) is 8.76. The van der Waals surface area contributed by atoms with Crippen molar-refractivity contribution in [2.75, 3.05) is 6.61 Å². The van der Waals surface area contributed by atoms with Crippen molar-refractivity contribution in [1.29, 1.82) is 0 Å². The highest BCUT2D eigenvalue weighted by Gasteiger charge is 2.13. The number of hydrogen-bond acceptors (Lipinski definition) is 2. The SMILES string of the molecule is CCCCCCCOc1ccc2c(sc3c(C)c(CCC)ccc32)c1C. The molecule has 0 amide bonds. The van der Waals surface area contributed by atoms with E-state index < -0.39 is 0 Å². The smallest absolute Gasteiger partial charge is 0.123 e. The lowest BCUT2D eigenvalue weighted by Crippen LogP contribution is -1.98. The molecule has 1 aromatic heterocycles. The quantitative estimate of drug-likeness (QED) is 0.348. The van der Waals surface area contributed by atoms with E-state index in [2.05, 4.69) is 52.0 Å². The number of unbranched alkanes of at least 4 members (excludes halogenated alkanes) is 4. The van der Waals surface area contributed by atoms with Gasteiger partial charge in [0.25, 0.3) is 0 Å². The number of hydrogen-bond donors (Lipinski definition) is 0. The summed E-state index contributed by atoms with van der Waals surface area (Å²) in [4.78, 5) is 0. The van der Waals surface area contributed by atoms with Crippen molar-refractivity contribution >= 4 is 31.5 Å². The van der Waals surface area contributed by atoms with Gasteiger partial charge in [-0.05, 0) is 49.9 Å². The van der Waals surface area contributed by atoms with E-state index in [1.807, 2.05) is 11.3 Å². The van der Waals surface area contributed by atoms with Crippen LogP contribution in [0, 0.1) is 13.8 Å². The normalized spacial score (nSPS) is 11.5. The van der Waals surface area contributed by atoms with Gasteiger partial charge in [0, 0.05) is 25.7 Å². The first-order valence-corrected chi connectivity index (χ1v) is 11.1. The Bertz CT molecular complexity index is 875. The zero-order valence-electron chi connectivity index (χ0n) is 16.8. The summed E-state index contributed by atoms with van der Waals surface area (Å²) >= 11 is 1.94. The molecule has 0 aliphatic heterocycles. The first kappa shape index (κ1) is 19.2. The van der Waals surface area contributed by atoms with Crippen LogP contribution in [0.1, 0.15) is 69.1 Å². The molecule has 0 unspecified atom stereocenters. The topological polar surface area (TPSA) is 9.23 Å². The number of benzene rings is 2. The van der Waals surface area contributed by atoms with Gasteiger partial charge in [0.15, 0.2) is 0 Å². The molecule has 0 saturated heterocycles. The van der Waals surface area contributed by atoms with Gasteiger partial charge in [-0.3, -0.25) is 0 Å².